The van der Waals surface area contributed by atoms with Gasteiger partial charge in [-0.25, -0.2) is 4.79 Å². The van der Waals surface area contributed by atoms with E-state index in [1.54, 1.807) is 29.2 Å². The van der Waals surface area contributed by atoms with E-state index in [4.69, 9.17) is 10.00 Å². The van der Waals surface area contributed by atoms with Gasteiger partial charge in [0.2, 0.25) is 0 Å². The summed E-state index contributed by atoms with van der Waals surface area (Å²) in [4.78, 5) is 38.3. The van der Waals surface area contributed by atoms with Crippen LogP contribution in [-0.2, 0) is 14.3 Å². The summed E-state index contributed by atoms with van der Waals surface area (Å²) in [6.45, 7) is 0.438. The van der Waals surface area contributed by atoms with Gasteiger partial charge in [-0.05, 0) is 37.1 Å². The molecular weight excluding hydrogens is 384 g/mol. The second-order valence-electron chi connectivity index (χ2n) is 6.87. The molecule has 8 nitrogen and oxygen atoms in total. The third-order valence-corrected chi connectivity index (χ3v) is 4.81. The lowest BCUT2D eigenvalue weighted by Crippen LogP contribution is -2.43. The lowest BCUT2D eigenvalue weighted by Gasteiger charge is -2.30. The smallest absolute Gasteiger partial charge is 0.321 e. The van der Waals surface area contributed by atoms with Crippen LogP contribution >= 0.6 is 0 Å². The van der Waals surface area contributed by atoms with Gasteiger partial charge in [-0.3, -0.25) is 9.59 Å². The Labute approximate surface area is 174 Å². The van der Waals surface area contributed by atoms with Crippen LogP contribution in [0.3, 0.4) is 0 Å². The summed E-state index contributed by atoms with van der Waals surface area (Å²) in [6, 6.07) is 17.5. The molecule has 154 valence electrons. The fraction of sp³-hybridized carbons (Fsp3) is 0.273. The molecule has 1 aliphatic rings. The molecule has 0 aliphatic carbocycles. The first-order chi connectivity index (χ1) is 14.6. The van der Waals surface area contributed by atoms with Crippen LogP contribution in [0, 0.1) is 17.2 Å². The first-order valence-corrected chi connectivity index (χ1v) is 9.63. The van der Waals surface area contributed by atoms with Gasteiger partial charge in [0.05, 0.1) is 17.2 Å². The average molecular weight is 406 g/mol. The molecular formula is C22H22N4O4. The van der Waals surface area contributed by atoms with Gasteiger partial charge < -0.3 is 20.3 Å². The van der Waals surface area contributed by atoms with E-state index in [0.29, 0.717) is 42.9 Å². The number of esters is 1. The number of benzene rings is 2. The van der Waals surface area contributed by atoms with Crippen LogP contribution in [0.1, 0.15) is 18.4 Å². The van der Waals surface area contributed by atoms with Crippen molar-refractivity contribution in [1.82, 2.24) is 4.90 Å². The molecule has 1 saturated heterocycles. The van der Waals surface area contributed by atoms with Crippen molar-refractivity contribution >= 4 is 29.3 Å². The lowest BCUT2D eigenvalue weighted by atomic mass is 9.97. The molecule has 0 radical (unpaired) electrons. The Morgan fingerprint density at radius 2 is 1.67 bits per heavy atom. The summed E-state index contributed by atoms with van der Waals surface area (Å²) in [5, 5.41) is 14.4. The van der Waals surface area contributed by atoms with Gasteiger partial charge in [-0.15, -0.1) is 0 Å². The summed E-state index contributed by atoms with van der Waals surface area (Å²) in [5.41, 5.74) is 1.42. The number of ether oxygens (including phenoxy) is 1. The minimum Gasteiger partial charge on any atom is -0.455 e. The molecule has 0 aromatic heterocycles. The second-order valence-corrected chi connectivity index (χ2v) is 6.87. The van der Waals surface area contributed by atoms with Crippen LogP contribution < -0.4 is 10.6 Å². The maximum absolute atomic E-state index is 12.3. The van der Waals surface area contributed by atoms with Crippen molar-refractivity contribution in [3.63, 3.8) is 0 Å². The maximum Gasteiger partial charge on any atom is 0.321 e. The Morgan fingerprint density at radius 3 is 2.37 bits per heavy atom. The Bertz CT molecular complexity index is 947. The van der Waals surface area contributed by atoms with E-state index in [-0.39, 0.29) is 11.9 Å². The quantitative estimate of drug-likeness (QED) is 0.742. The van der Waals surface area contributed by atoms with E-state index >= 15 is 0 Å². The van der Waals surface area contributed by atoms with Crippen LogP contribution in [0.15, 0.2) is 54.6 Å². The number of likely N-dealkylation sites (tertiary alicyclic amines) is 1. The van der Waals surface area contributed by atoms with E-state index in [0.717, 1.165) is 0 Å². The molecule has 3 rings (SSSR count). The van der Waals surface area contributed by atoms with Crippen molar-refractivity contribution in [2.75, 3.05) is 30.3 Å². The average Bonchev–Trinajstić information content (AvgIpc) is 2.78. The molecule has 8 heteroatoms. The van der Waals surface area contributed by atoms with Gasteiger partial charge >= 0.3 is 12.0 Å². The number of hydrogen-bond acceptors (Lipinski definition) is 5. The van der Waals surface area contributed by atoms with Crippen molar-refractivity contribution in [2.24, 2.45) is 5.92 Å². The highest BCUT2D eigenvalue weighted by Crippen LogP contribution is 2.20. The van der Waals surface area contributed by atoms with E-state index < -0.39 is 18.5 Å². The predicted octanol–water partition coefficient (Wildman–Crippen LogP) is 2.98. The number of amides is 3. The summed E-state index contributed by atoms with van der Waals surface area (Å²) >= 11 is 0. The zero-order valence-electron chi connectivity index (χ0n) is 16.3. The van der Waals surface area contributed by atoms with E-state index in [1.807, 2.05) is 36.4 Å². The molecule has 1 aliphatic heterocycles. The topological polar surface area (TPSA) is 112 Å². The van der Waals surface area contributed by atoms with Crippen molar-refractivity contribution in [3.8, 4) is 6.07 Å². The molecule has 2 aromatic carbocycles. The first-order valence-electron chi connectivity index (χ1n) is 9.63. The summed E-state index contributed by atoms with van der Waals surface area (Å²) < 4.78 is 5.13. The molecule has 1 fully saturated rings. The number of anilines is 2. The Morgan fingerprint density at radius 1 is 1.00 bits per heavy atom. The van der Waals surface area contributed by atoms with Gasteiger partial charge in [0.1, 0.15) is 6.07 Å². The van der Waals surface area contributed by atoms with Crippen LogP contribution in [0.4, 0.5) is 16.2 Å². The minimum atomic E-state index is -0.509. The predicted molar refractivity (Wildman–Crippen MR) is 111 cm³/mol. The van der Waals surface area contributed by atoms with Gasteiger partial charge in [0, 0.05) is 18.8 Å². The van der Waals surface area contributed by atoms with E-state index in [9.17, 15) is 14.4 Å². The highest BCUT2D eigenvalue weighted by Gasteiger charge is 2.28. The zero-order chi connectivity index (χ0) is 21.3. The third-order valence-electron chi connectivity index (χ3n) is 4.81. The molecule has 2 N–H and O–H groups in total. The molecule has 2 aromatic rings. The molecule has 0 spiro atoms. The highest BCUT2D eigenvalue weighted by atomic mass is 16.5. The maximum atomic E-state index is 12.3. The van der Waals surface area contributed by atoms with E-state index in [1.165, 1.54) is 0 Å². The molecule has 0 unspecified atom stereocenters. The summed E-state index contributed by atoms with van der Waals surface area (Å²) in [6.07, 6.45) is 0.944. The number of para-hydroxylation sites is 2. The van der Waals surface area contributed by atoms with Crippen LogP contribution in [-0.4, -0.2) is 42.5 Å². The van der Waals surface area contributed by atoms with Crippen molar-refractivity contribution in [2.45, 2.75) is 12.8 Å². The standard InChI is InChI=1S/C22H22N4O4/c23-14-17-6-4-5-9-19(17)25-20(27)15-30-21(28)16-10-12-26(13-11-16)22(29)24-18-7-2-1-3-8-18/h1-9,16H,10-13,15H2,(H,24,29)(H,25,27). The largest absolute Gasteiger partial charge is 0.455 e. The lowest BCUT2D eigenvalue weighted by molar-refractivity contribution is -0.152. The molecule has 3 amide bonds. The highest BCUT2D eigenvalue weighted by molar-refractivity contribution is 5.94. The monoisotopic (exact) mass is 406 g/mol. The number of piperidine rings is 1. The molecule has 0 bridgehead atoms. The Hall–Kier alpha value is -3.86. The zero-order valence-corrected chi connectivity index (χ0v) is 16.3. The number of nitriles is 1. The normalized spacial score (nSPS) is 13.8. The fourth-order valence-electron chi connectivity index (χ4n) is 3.17. The third kappa shape index (κ3) is 5.58. The van der Waals surface area contributed by atoms with Crippen molar-refractivity contribution in [1.29, 1.82) is 5.26 Å². The van der Waals surface area contributed by atoms with Crippen LogP contribution in [0.5, 0.6) is 0 Å². The number of carbonyl (C=O) groups is 3. The summed E-state index contributed by atoms with van der Waals surface area (Å²) in [7, 11) is 0. The Kier molecular flexibility index (Phi) is 7.00. The van der Waals surface area contributed by atoms with Gasteiger partial charge in [0.25, 0.3) is 5.91 Å². The SMILES string of the molecule is N#Cc1ccccc1NC(=O)COC(=O)C1CCN(C(=O)Nc2ccccc2)CC1. The van der Waals surface area contributed by atoms with Crippen molar-refractivity contribution in [3.05, 3.63) is 60.2 Å². The number of urea groups is 1. The minimum absolute atomic E-state index is 0.205. The molecule has 0 atom stereocenters. The number of carbonyl (C=O) groups excluding carboxylic acids is 3. The summed E-state index contributed by atoms with van der Waals surface area (Å²) in [5.74, 6) is -1.32. The Balaban J connectivity index is 1.41. The molecule has 30 heavy (non-hydrogen) atoms. The molecule has 1 heterocycles. The van der Waals surface area contributed by atoms with Crippen LogP contribution in [0.25, 0.3) is 0 Å². The fourth-order valence-corrected chi connectivity index (χ4v) is 3.17. The van der Waals surface area contributed by atoms with Gasteiger partial charge in [0.15, 0.2) is 6.61 Å². The van der Waals surface area contributed by atoms with Gasteiger partial charge in [-0.1, -0.05) is 30.3 Å². The van der Waals surface area contributed by atoms with Crippen LogP contribution in [0.2, 0.25) is 0 Å². The first kappa shape index (κ1) is 20.9. The van der Waals surface area contributed by atoms with Gasteiger partial charge in [-0.2, -0.15) is 5.26 Å². The number of hydrogen-bond donors (Lipinski definition) is 2. The molecule has 0 saturated carbocycles. The second kappa shape index (κ2) is 10.1. The van der Waals surface area contributed by atoms with Crippen molar-refractivity contribution < 1.29 is 19.1 Å². The number of nitrogens with zero attached hydrogens (tertiary/aromatic N) is 2. The number of rotatable bonds is 5. The number of nitrogens with one attached hydrogen (secondary N) is 2. The van der Waals surface area contributed by atoms with E-state index in [2.05, 4.69) is 10.6 Å².